The SMILES string of the molecule is CC[C@H](C(=O)N[C@@H](C)CC)N(Cc1ccccc1C)C(=O)Cc1ccc(Cl)cc1Cl. The first-order valence-electron chi connectivity index (χ1n) is 10.3. The number of rotatable bonds is 9. The van der Waals surface area contributed by atoms with Crippen molar-refractivity contribution < 1.29 is 9.59 Å². The Morgan fingerprint density at radius 1 is 1.03 bits per heavy atom. The molecule has 0 aliphatic rings. The summed E-state index contributed by atoms with van der Waals surface area (Å²) in [6.45, 7) is 8.28. The molecule has 30 heavy (non-hydrogen) atoms. The van der Waals surface area contributed by atoms with Gasteiger partial charge in [0.15, 0.2) is 0 Å². The van der Waals surface area contributed by atoms with Gasteiger partial charge in [0.2, 0.25) is 11.8 Å². The van der Waals surface area contributed by atoms with Gasteiger partial charge in [0.25, 0.3) is 0 Å². The fourth-order valence-electron chi connectivity index (χ4n) is 3.26. The van der Waals surface area contributed by atoms with Crippen LogP contribution in [0, 0.1) is 6.92 Å². The molecule has 2 aromatic carbocycles. The van der Waals surface area contributed by atoms with E-state index >= 15 is 0 Å². The zero-order valence-corrected chi connectivity index (χ0v) is 19.6. The molecule has 0 heterocycles. The number of benzene rings is 2. The highest BCUT2D eigenvalue weighted by molar-refractivity contribution is 6.35. The smallest absolute Gasteiger partial charge is 0.243 e. The molecule has 0 aromatic heterocycles. The molecule has 1 N–H and O–H groups in total. The summed E-state index contributed by atoms with van der Waals surface area (Å²) in [5.74, 6) is -0.274. The Hall–Kier alpha value is -2.04. The highest BCUT2D eigenvalue weighted by atomic mass is 35.5. The van der Waals surface area contributed by atoms with Gasteiger partial charge in [-0.1, -0.05) is 67.4 Å². The monoisotopic (exact) mass is 448 g/mol. The number of aryl methyl sites for hydroxylation is 1. The minimum absolute atomic E-state index is 0.0488. The van der Waals surface area contributed by atoms with Crippen LogP contribution in [0.4, 0.5) is 0 Å². The molecule has 0 spiro atoms. The Kier molecular flexibility index (Phi) is 9.19. The Bertz CT molecular complexity index is 885. The average Bonchev–Trinajstić information content (AvgIpc) is 2.71. The van der Waals surface area contributed by atoms with Crippen molar-refractivity contribution in [1.29, 1.82) is 0 Å². The highest BCUT2D eigenvalue weighted by Crippen LogP contribution is 2.23. The molecule has 2 atom stereocenters. The summed E-state index contributed by atoms with van der Waals surface area (Å²) >= 11 is 12.3. The van der Waals surface area contributed by atoms with E-state index in [-0.39, 0.29) is 24.3 Å². The molecule has 0 radical (unpaired) electrons. The van der Waals surface area contributed by atoms with Crippen LogP contribution in [0.2, 0.25) is 10.0 Å². The molecule has 0 aliphatic carbocycles. The van der Waals surface area contributed by atoms with Gasteiger partial charge in [0.1, 0.15) is 6.04 Å². The van der Waals surface area contributed by atoms with Crippen LogP contribution in [-0.2, 0) is 22.6 Å². The van der Waals surface area contributed by atoms with Gasteiger partial charge in [-0.25, -0.2) is 0 Å². The summed E-state index contributed by atoms with van der Waals surface area (Å²) in [7, 11) is 0. The molecule has 0 fully saturated rings. The van der Waals surface area contributed by atoms with Crippen molar-refractivity contribution in [1.82, 2.24) is 10.2 Å². The minimum Gasteiger partial charge on any atom is -0.352 e. The van der Waals surface area contributed by atoms with E-state index in [1.165, 1.54) is 0 Å². The summed E-state index contributed by atoms with van der Waals surface area (Å²) in [4.78, 5) is 28.0. The lowest BCUT2D eigenvalue weighted by Gasteiger charge is -2.32. The minimum atomic E-state index is -0.558. The molecule has 0 bridgehead atoms. The van der Waals surface area contributed by atoms with Crippen molar-refractivity contribution >= 4 is 35.0 Å². The molecule has 2 amide bonds. The lowest BCUT2D eigenvalue weighted by molar-refractivity contribution is -0.141. The topological polar surface area (TPSA) is 49.4 Å². The first kappa shape index (κ1) is 24.2. The molecular weight excluding hydrogens is 419 g/mol. The van der Waals surface area contributed by atoms with Gasteiger partial charge in [-0.2, -0.15) is 0 Å². The van der Waals surface area contributed by atoms with Gasteiger partial charge in [-0.15, -0.1) is 0 Å². The van der Waals surface area contributed by atoms with E-state index in [4.69, 9.17) is 23.2 Å². The van der Waals surface area contributed by atoms with Crippen LogP contribution < -0.4 is 5.32 Å². The second-order valence-corrected chi connectivity index (χ2v) is 8.45. The largest absolute Gasteiger partial charge is 0.352 e. The molecular formula is C24H30Cl2N2O2. The van der Waals surface area contributed by atoms with Gasteiger partial charge in [-0.3, -0.25) is 9.59 Å². The third-order valence-electron chi connectivity index (χ3n) is 5.35. The first-order chi connectivity index (χ1) is 14.3. The van der Waals surface area contributed by atoms with Crippen molar-refractivity contribution in [2.45, 2.75) is 65.6 Å². The number of carbonyl (C=O) groups excluding carboxylic acids is 2. The summed E-state index contributed by atoms with van der Waals surface area (Å²) in [6, 6.07) is 12.5. The van der Waals surface area contributed by atoms with E-state index in [2.05, 4.69) is 5.32 Å². The Labute approximate surface area is 189 Å². The number of amides is 2. The van der Waals surface area contributed by atoms with E-state index in [1.54, 1.807) is 23.1 Å². The summed E-state index contributed by atoms with van der Waals surface area (Å²) < 4.78 is 0. The standard InChI is InChI=1S/C24H30Cl2N2O2/c1-5-17(4)27-24(30)22(6-2)28(15-19-10-8-7-9-16(19)3)23(29)13-18-11-12-20(25)14-21(18)26/h7-12,14,17,22H,5-6,13,15H2,1-4H3,(H,27,30)/t17-,22+/m0/s1. The van der Waals surface area contributed by atoms with Crippen LogP contribution in [0.15, 0.2) is 42.5 Å². The lowest BCUT2D eigenvalue weighted by Crippen LogP contribution is -2.51. The van der Waals surface area contributed by atoms with E-state index in [0.717, 1.165) is 17.5 Å². The highest BCUT2D eigenvalue weighted by Gasteiger charge is 2.29. The van der Waals surface area contributed by atoms with Crippen LogP contribution in [-0.4, -0.2) is 28.8 Å². The van der Waals surface area contributed by atoms with E-state index in [1.807, 2.05) is 52.0 Å². The quantitative estimate of drug-likeness (QED) is 0.545. The number of carbonyl (C=O) groups is 2. The third kappa shape index (κ3) is 6.48. The van der Waals surface area contributed by atoms with E-state index in [9.17, 15) is 9.59 Å². The van der Waals surface area contributed by atoms with Crippen molar-refractivity contribution in [2.75, 3.05) is 0 Å². The van der Waals surface area contributed by atoms with E-state index in [0.29, 0.717) is 28.6 Å². The molecule has 0 unspecified atom stereocenters. The predicted molar refractivity (Wildman–Crippen MR) is 124 cm³/mol. The van der Waals surface area contributed by atoms with Crippen molar-refractivity contribution in [3.05, 3.63) is 69.2 Å². The molecule has 0 saturated carbocycles. The summed E-state index contributed by atoms with van der Waals surface area (Å²) in [5.41, 5.74) is 2.79. The maximum Gasteiger partial charge on any atom is 0.243 e. The third-order valence-corrected chi connectivity index (χ3v) is 5.93. The molecule has 2 aromatic rings. The maximum absolute atomic E-state index is 13.4. The van der Waals surface area contributed by atoms with Gasteiger partial charge in [0.05, 0.1) is 6.42 Å². The van der Waals surface area contributed by atoms with Crippen LogP contribution in [0.1, 0.15) is 50.3 Å². The van der Waals surface area contributed by atoms with Crippen LogP contribution in [0.5, 0.6) is 0 Å². The normalized spacial score (nSPS) is 12.9. The molecule has 2 rings (SSSR count). The molecule has 162 valence electrons. The zero-order chi connectivity index (χ0) is 22.3. The Morgan fingerprint density at radius 2 is 1.73 bits per heavy atom. The Morgan fingerprint density at radius 3 is 2.33 bits per heavy atom. The van der Waals surface area contributed by atoms with Gasteiger partial charge < -0.3 is 10.2 Å². The fraction of sp³-hybridized carbons (Fsp3) is 0.417. The number of nitrogens with zero attached hydrogens (tertiary/aromatic N) is 1. The predicted octanol–water partition coefficient (Wildman–Crippen LogP) is 5.57. The number of hydrogen-bond donors (Lipinski definition) is 1. The van der Waals surface area contributed by atoms with Crippen molar-refractivity contribution in [3.8, 4) is 0 Å². The lowest BCUT2D eigenvalue weighted by atomic mass is 10.0. The number of halogens is 2. The van der Waals surface area contributed by atoms with Crippen LogP contribution >= 0.6 is 23.2 Å². The van der Waals surface area contributed by atoms with Crippen molar-refractivity contribution in [3.63, 3.8) is 0 Å². The summed E-state index contributed by atoms with van der Waals surface area (Å²) in [5, 5.41) is 3.99. The van der Waals surface area contributed by atoms with E-state index < -0.39 is 6.04 Å². The maximum atomic E-state index is 13.4. The fourth-order valence-corrected chi connectivity index (χ4v) is 3.74. The van der Waals surface area contributed by atoms with Crippen LogP contribution in [0.25, 0.3) is 0 Å². The molecule has 0 aliphatic heterocycles. The second-order valence-electron chi connectivity index (χ2n) is 7.60. The second kappa shape index (κ2) is 11.4. The number of hydrogen-bond acceptors (Lipinski definition) is 2. The van der Waals surface area contributed by atoms with Crippen LogP contribution in [0.3, 0.4) is 0 Å². The molecule has 4 nitrogen and oxygen atoms in total. The summed E-state index contributed by atoms with van der Waals surface area (Å²) in [6.07, 6.45) is 1.46. The van der Waals surface area contributed by atoms with Gasteiger partial charge in [0, 0.05) is 22.6 Å². The average molecular weight is 449 g/mol. The molecule has 0 saturated heterocycles. The Balaban J connectivity index is 2.34. The van der Waals surface area contributed by atoms with Gasteiger partial charge >= 0.3 is 0 Å². The zero-order valence-electron chi connectivity index (χ0n) is 18.0. The van der Waals surface area contributed by atoms with Gasteiger partial charge in [-0.05, 0) is 55.5 Å². The first-order valence-corrected chi connectivity index (χ1v) is 11.1. The van der Waals surface area contributed by atoms with Crippen molar-refractivity contribution in [2.24, 2.45) is 0 Å². The molecule has 6 heteroatoms. The number of nitrogens with one attached hydrogen (secondary N) is 1.